The van der Waals surface area contributed by atoms with E-state index in [9.17, 15) is 14.4 Å². The Kier molecular flexibility index (Phi) is 6.64. The van der Waals surface area contributed by atoms with Crippen molar-refractivity contribution < 1.29 is 24.6 Å². The van der Waals surface area contributed by atoms with Crippen molar-refractivity contribution in [3.05, 3.63) is 0 Å². The lowest BCUT2D eigenvalue weighted by Crippen LogP contribution is -2.52. The van der Waals surface area contributed by atoms with Crippen LogP contribution < -0.4 is 16.0 Å². The second-order valence-corrected chi connectivity index (χ2v) is 3.34. The van der Waals surface area contributed by atoms with Gasteiger partial charge in [0, 0.05) is 6.54 Å². The van der Waals surface area contributed by atoms with Gasteiger partial charge in [-0.05, 0) is 13.8 Å². The molecular formula is C9H17N3O5. The Hall–Kier alpha value is -1.83. The summed E-state index contributed by atoms with van der Waals surface area (Å²) in [5.74, 6) is -1.74. The second kappa shape index (κ2) is 7.44. The van der Waals surface area contributed by atoms with Crippen LogP contribution in [-0.4, -0.2) is 53.4 Å². The molecule has 8 heteroatoms. The van der Waals surface area contributed by atoms with Crippen molar-refractivity contribution in [1.29, 1.82) is 0 Å². The number of carbonyl (C=O) groups excluding carboxylic acids is 2. The number of likely N-dealkylation sites (N-methyl/N-ethyl adjacent to an activating group) is 1. The van der Waals surface area contributed by atoms with Gasteiger partial charge in [-0.25, -0.2) is 9.59 Å². The van der Waals surface area contributed by atoms with Crippen molar-refractivity contribution in [3.8, 4) is 0 Å². The van der Waals surface area contributed by atoms with Gasteiger partial charge in [0.15, 0.2) is 6.04 Å². The van der Waals surface area contributed by atoms with E-state index in [1.165, 1.54) is 6.92 Å². The molecule has 3 amide bonds. The minimum atomic E-state index is -1.41. The van der Waals surface area contributed by atoms with Crippen LogP contribution in [0.15, 0.2) is 0 Å². The summed E-state index contributed by atoms with van der Waals surface area (Å²) in [4.78, 5) is 32.8. The predicted octanol–water partition coefficient (Wildman–Crippen LogP) is -1.74. The van der Waals surface area contributed by atoms with E-state index in [1.54, 1.807) is 6.92 Å². The van der Waals surface area contributed by atoms with E-state index in [0.29, 0.717) is 6.54 Å². The lowest BCUT2D eigenvalue weighted by Gasteiger charge is -2.17. The van der Waals surface area contributed by atoms with E-state index in [0.717, 1.165) is 0 Å². The van der Waals surface area contributed by atoms with Crippen LogP contribution in [-0.2, 0) is 9.59 Å². The summed E-state index contributed by atoms with van der Waals surface area (Å²) in [5, 5.41) is 24.4. The number of aliphatic hydroxyl groups is 1. The van der Waals surface area contributed by atoms with E-state index in [-0.39, 0.29) is 12.5 Å². The van der Waals surface area contributed by atoms with Crippen molar-refractivity contribution in [2.75, 3.05) is 13.1 Å². The van der Waals surface area contributed by atoms with Gasteiger partial charge >= 0.3 is 12.0 Å². The number of hydrogen-bond donors (Lipinski definition) is 5. The van der Waals surface area contributed by atoms with Gasteiger partial charge in [-0.3, -0.25) is 4.79 Å². The minimum absolute atomic E-state index is 0.258. The molecule has 0 aliphatic rings. The van der Waals surface area contributed by atoms with Crippen LogP contribution in [0.4, 0.5) is 4.79 Å². The first-order valence-electron chi connectivity index (χ1n) is 5.10. The van der Waals surface area contributed by atoms with Crippen LogP contribution in [0.5, 0.6) is 0 Å². The molecule has 0 rings (SSSR count). The zero-order valence-corrected chi connectivity index (χ0v) is 9.69. The number of carboxylic acids is 1. The highest BCUT2D eigenvalue weighted by molar-refractivity contribution is 5.86. The molecule has 5 N–H and O–H groups in total. The maximum absolute atomic E-state index is 11.2. The molecule has 0 radical (unpaired) electrons. The maximum Gasteiger partial charge on any atom is 0.328 e. The third kappa shape index (κ3) is 6.36. The molecule has 0 aromatic heterocycles. The quantitative estimate of drug-likeness (QED) is 0.380. The molecule has 0 heterocycles. The monoisotopic (exact) mass is 247 g/mol. The molecule has 0 saturated heterocycles. The summed E-state index contributed by atoms with van der Waals surface area (Å²) in [6, 6.07) is -2.24. The van der Waals surface area contributed by atoms with Gasteiger partial charge in [0.25, 0.3) is 0 Å². The molecule has 2 unspecified atom stereocenters. The van der Waals surface area contributed by atoms with Gasteiger partial charge in [-0.1, -0.05) is 0 Å². The molecule has 98 valence electrons. The minimum Gasteiger partial charge on any atom is -0.480 e. The van der Waals surface area contributed by atoms with Crippen LogP contribution in [0, 0.1) is 0 Å². The number of carbonyl (C=O) groups is 3. The number of urea groups is 1. The van der Waals surface area contributed by atoms with Crippen molar-refractivity contribution in [2.24, 2.45) is 0 Å². The predicted molar refractivity (Wildman–Crippen MR) is 58.3 cm³/mol. The summed E-state index contributed by atoms with van der Waals surface area (Å²) in [5.41, 5.74) is 0. The van der Waals surface area contributed by atoms with E-state index < -0.39 is 24.1 Å². The fourth-order valence-electron chi connectivity index (χ4n) is 1.00. The molecule has 0 spiro atoms. The third-order valence-electron chi connectivity index (χ3n) is 1.82. The van der Waals surface area contributed by atoms with Crippen LogP contribution >= 0.6 is 0 Å². The SMILES string of the molecule is CCNC(=O)CNC(=O)NC(C(=O)O)C(C)O. The molecule has 0 aliphatic carbocycles. The Morgan fingerprint density at radius 2 is 1.82 bits per heavy atom. The van der Waals surface area contributed by atoms with E-state index >= 15 is 0 Å². The smallest absolute Gasteiger partial charge is 0.328 e. The number of amides is 3. The van der Waals surface area contributed by atoms with Gasteiger partial charge in [0.05, 0.1) is 12.6 Å². The Bertz CT molecular complexity index is 292. The molecule has 0 aliphatic heterocycles. The zero-order chi connectivity index (χ0) is 13.4. The number of nitrogens with one attached hydrogen (secondary N) is 3. The van der Waals surface area contributed by atoms with Gasteiger partial charge in [0.2, 0.25) is 5.91 Å². The normalized spacial score (nSPS) is 13.4. The van der Waals surface area contributed by atoms with Crippen molar-refractivity contribution in [3.63, 3.8) is 0 Å². The highest BCUT2D eigenvalue weighted by Gasteiger charge is 2.24. The molecule has 0 aromatic carbocycles. The topological polar surface area (TPSA) is 128 Å². The lowest BCUT2D eigenvalue weighted by atomic mass is 10.2. The summed E-state index contributed by atoms with van der Waals surface area (Å²) < 4.78 is 0. The molecule has 0 saturated carbocycles. The molecule has 17 heavy (non-hydrogen) atoms. The Morgan fingerprint density at radius 3 is 2.24 bits per heavy atom. The first-order chi connectivity index (χ1) is 7.88. The van der Waals surface area contributed by atoms with Gasteiger partial charge < -0.3 is 26.2 Å². The van der Waals surface area contributed by atoms with Gasteiger partial charge in [0.1, 0.15) is 0 Å². The van der Waals surface area contributed by atoms with E-state index in [1.807, 2.05) is 5.32 Å². The molecule has 2 atom stereocenters. The maximum atomic E-state index is 11.2. The Labute approximate surface area is 98.4 Å². The van der Waals surface area contributed by atoms with Gasteiger partial charge in [-0.15, -0.1) is 0 Å². The van der Waals surface area contributed by atoms with E-state index in [4.69, 9.17) is 10.2 Å². The van der Waals surface area contributed by atoms with Crippen LogP contribution in [0.3, 0.4) is 0 Å². The average Bonchev–Trinajstić information content (AvgIpc) is 2.22. The summed E-state index contributed by atoms with van der Waals surface area (Å²) >= 11 is 0. The first kappa shape index (κ1) is 15.2. The summed E-state index contributed by atoms with van der Waals surface area (Å²) in [6.45, 7) is 3.15. The third-order valence-corrected chi connectivity index (χ3v) is 1.82. The van der Waals surface area contributed by atoms with Crippen molar-refractivity contribution in [2.45, 2.75) is 26.0 Å². The number of rotatable bonds is 6. The molecule has 0 fully saturated rings. The Balaban J connectivity index is 4.07. The average molecular weight is 247 g/mol. The lowest BCUT2D eigenvalue weighted by molar-refractivity contribution is -0.141. The standard InChI is InChI=1S/C9H17N3O5/c1-3-10-6(14)4-11-9(17)12-7(5(2)13)8(15)16/h5,7,13H,3-4H2,1-2H3,(H,10,14)(H,15,16)(H2,11,12,17). The fourth-order valence-corrected chi connectivity index (χ4v) is 1.00. The second-order valence-electron chi connectivity index (χ2n) is 3.34. The molecule has 8 nitrogen and oxygen atoms in total. The molecule has 0 bridgehead atoms. The summed E-state index contributed by atoms with van der Waals surface area (Å²) in [7, 11) is 0. The number of aliphatic carboxylic acids is 1. The largest absolute Gasteiger partial charge is 0.480 e. The van der Waals surface area contributed by atoms with E-state index in [2.05, 4.69) is 10.6 Å². The Morgan fingerprint density at radius 1 is 1.24 bits per heavy atom. The zero-order valence-electron chi connectivity index (χ0n) is 9.69. The van der Waals surface area contributed by atoms with Crippen molar-refractivity contribution in [1.82, 2.24) is 16.0 Å². The summed E-state index contributed by atoms with van der Waals surface area (Å²) in [6.07, 6.45) is -1.23. The highest BCUT2D eigenvalue weighted by atomic mass is 16.4. The number of carboxylic acid groups (broad SMARTS) is 1. The number of aliphatic hydroxyl groups excluding tert-OH is 1. The van der Waals surface area contributed by atoms with Crippen LogP contribution in [0.1, 0.15) is 13.8 Å². The van der Waals surface area contributed by atoms with Gasteiger partial charge in [-0.2, -0.15) is 0 Å². The fraction of sp³-hybridized carbons (Fsp3) is 0.667. The first-order valence-corrected chi connectivity index (χ1v) is 5.10. The van der Waals surface area contributed by atoms with Crippen molar-refractivity contribution >= 4 is 17.9 Å². The van der Waals surface area contributed by atoms with Crippen LogP contribution in [0.2, 0.25) is 0 Å². The number of hydrogen-bond acceptors (Lipinski definition) is 4. The van der Waals surface area contributed by atoms with Crippen LogP contribution in [0.25, 0.3) is 0 Å². The highest BCUT2D eigenvalue weighted by Crippen LogP contribution is 1.92. The molecular weight excluding hydrogens is 230 g/mol. The molecule has 0 aromatic rings.